The van der Waals surface area contributed by atoms with Gasteiger partial charge in [0, 0.05) is 11.0 Å². The Hall–Kier alpha value is -0.380. The van der Waals surface area contributed by atoms with E-state index in [9.17, 15) is 0 Å². The molecule has 18 heavy (non-hydrogen) atoms. The highest BCUT2D eigenvalue weighted by Gasteiger charge is 2.19. The lowest BCUT2D eigenvalue weighted by Crippen LogP contribution is -2.21. The van der Waals surface area contributed by atoms with Crippen LogP contribution in [0.4, 0.5) is 0 Å². The van der Waals surface area contributed by atoms with E-state index in [0.717, 1.165) is 16.0 Å². The van der Waals surface area contributed by atoms with Gasteiger partial charge >= 0.3 is 0 Å². The molecular weight excluding hydrogens is 290 g/mol. The lowest BCUT2D eigenvalue weighted by Gasteiger charge is -2.27. The van der Waals surface area contributed by atoms with Crippen LogP contribution in [-0.2, 0) is 17.9 Å². The Bertz CT molecular complexity index is 394. The molecule has 1 aromatic rings. The highest BCUT2D eigenvalue weighted by atomic mass is 79.9. The second-order valence-electron chi connectivity index (χ2n) is 5.33. The zero-order valence-corrected chi connectivity index (χ0v) is 12.6. The SMILES string of the molecule is CC1CCCC(OCc2ccc(CN)cc2Br)C1. The molecule has 0 spiro atoms. The number of benzene rings is 1. The molecule has 2 unspecified atom stereocenters. The van der Waals surface area contributed by atoms with E-state index < -0.39 is 0 Å². The van der Waals surface area contributed by atoms with E-state index in [1.165, 1.54) is 31.2 Å². The number of hydrogen-bond donors (Lipinski definition) is 1. The first-order valence-corrected chi connectivity index (χ1v) is 7.57. The van der Waals surface area contributed by atoms with Crippen LogP contribution in [0.2, 0.25) is 0 Å². The number of halogens is 1. The van der Waals surface area contributed by atoms with Crippen LogP contribution in [-0.4, -0.2) is 6.10 Å². The predicted molar refractivity (Wildman–Crippen MR) is 78.2 cm³/mol. The van der Waals surface area contributed by atoms with Gasteiger partial charge in [-0.1, -0.05) is 47.8 Å². The predicted octanol–water partition coefficient (Wildman–Crippen LogP) is 4.00. The summed E-state index contributed by atoms with van der Waals surface area (Å²) >= 11 is 3.59. The second-order valence-corrected chi connectivity index (χ2v) is 6.19. The highest BCUT2D eigenvalue weighted by Crippen LogP contribution is 2.27. The molecule has 0 aliphatic heterocycles. The molecule has 1 fully saturated rings. The van der Waals surface area contributed by atoms with Gasteiger partial charge in [0.2, 0.25) is 0 Å². The third-order valence-electron chi connectivity index (χ3n) is 3.72. The molecule has 1 saturated carbocycles. The van der Waals surface area contributed by atoms with Crippen molar-refractivity contribution in [1.82, 2.24) is 0 Å². The van der Waals surface area contributed by atoms with Gasteiger partial charge in [-0.25, -0.2) is 0 Å². The minimum atomic E-state index is 0.440. The molecule has 0 saturated heterocycles. The zero-order chi connectivity index (χ0) is 13.0. The maximum Gasteiger partial charge on any atom is 0.0731 e. The van der Waals surface area contributed by atoms with Crippen molar-refractivity contribution in [2.24, 2.45) is 11.7 Å². The van der Waals surface area contributed by atoms with Crippen molar-refractivity contribution in [3.05, 3.63) is 33.8 Å². The minimum Gasteiger partial charge on any atom is -0.373 e. The Balaban J connectivity index is 1.89. The Kier molecular flexibility index (Phi) is 5.22. The van der Waals surface area contributed by atoms with Crippen LogP contribution in [0, 0.1) is 5.92 Å². The highest BCUT2D eigenvalue weighted by molar-refractivity contribution is 9.10. The Morgan fingerprint density at radius 2 is 2.22 bits per heavy atom. The summed E-state index contributed by atoms with van der Waals surface area (Å²) in [4.78, 5) is 0. The van der Waals surface area contributed by atoms with Gasteiger partial charge in [0.05, 0.1) is 12.7 Å². The molecule has 2 atom stereocenters. The van der Waals surface area contributed by atoms with Gasteiger partial charge in [-0.3, -0.25) is 0 Å². The third kappa shape index (κ3) is 3.81. The van der Waals surface area contributed by atoms with Crippen LogP contribution in [0.1, 0.15) is 43.7 Å². The van der Waals surface area contributed by atoms with Crippen LogP contribution in [0.25, 0.3) is 0 Å². The van der Waals surface area contributed by atoms with Crippen molar-refractivity contribution in [3.63, 3.8) is 0 Å². The first-order chi connectivity index (χ1) is 8.69. The fraction of sp³-hybridized carbons (Fsp3) is 0.600. The van der Waals surface area contributed by atoms with Crippen LogP contribution < -0.4 is 5.73 Å². The van der Waals surface area contributed by atoms with Crippen molar-refractivity contribution in [2.75, 3.05) is 0 Å². The molecule has 1 aliphatic rings. The van der Waals surface area contributed by atoms with E-state index >= 15 is 0 Å². The lowest BCUT2D eigenvalue weighted by atomic mass is 9.89. The summed E-state index contributed by atoms with van der Waals surface area (Å²) in [6.45, 7) is 3.60. The second kappa shape index (κ2) is 6.69. The monoisotopic (exact) mass is 311 g/mol. The largest absolute Gasteiger partial charge is 0.373 e. The Morgan fingerprint density at radius 1 is 1.39 bits per heavy atom. The quantitative estimate of drug-likeness (QED) is 0.912. The van der Waals surface area contributed by atoms with Crippen molar-refractivity contribution < 1.29 is 4.74 Å². The zero-order valence-electron chi connectivity index (χ0n) is 11.0. The molecule has 0 heterocycles. The van der Waals surface area contributed by atoms with Crippen molar-refractivity contribution in [2.45, 2.75) is 51.9 Å². The van der Waals surface area contributed by atoms with E-state index in [4.69, 9.17) is 10.5 Å². The summed E-state index contributed by atoms with van der Waals surface area (Å²) in [5, 5.41) is 0. The topological polar surface area (TPSA) is 35.2 Å². The Labute approximate surface area is 118 Å². The van der Waals surface area contributed by atoms with E-state index in [1.807, 2.05) is 0 Å². The molecule has 1 aliphatic carbocycles. The number of hydrogen-bond acceptors (Lipinski definition) is 2. The maximum atomic E-state index is 6.03. The van der Waals surface area contributed by atoms with Gasteiger partial charge in [0.25, 0.3) is 0 Å². The molecule has 2 rings (SSSR count). The average Bonchev–Trinajstić information content (AvgIpc) is 2.37. The van der Waals surface area contributed by atoms with Crippen LogP contribution in [0.15, 0.2) is 22.7 Å². The molecule has 0 amide bonds. The molecule has 2 N–H and O–H groups in total. The summed E-state index contributed by atoms with van der Waals surface area (Å²) in [6.07, 6.45) is 5.52. The number of nitrogens with two attached hydrogens (primary N) is 1. The van der Waals surface area contributed by atoms with Gasteiger partial charge in [0.15, 0.2) is 0 Å². The molecule has 1 aromatic carbocycles. The molecule has 0 aromatic heterocycles. The number of rotatable bonds is 4. The van der Waals surface area contributed by atoms with E-state index in [1.54, 1.807) is 0 Å². The normalized spacial score (nSPS) is 24.2. The van der Waals surface area contributed by atoms with E-state index in [2.05, 4.69) is 41.1 Å². The molecular formula is C15H22BrNO. The van der Waals surface area contributed by atoms with Gasteiger partial charge in [-0.15, -0.1) is 0 Å². The van der Waals surface area contributed by atoms with Crippen molar-refractivity contribution in [3.8, 4) is 0 Å². The van der Waals surface area contributed by atoms with Crippen molar-refractivity contribution >= 4 is 15.9 Å². The van der Waals surface area contributed by atoms with Gasteiger partial charge in [-0.2, -0.15) is 0 Å². The molecule has 3 heteroatoms. The van der Waals surface area contributed by atoms with E-state index in [-0.39, 0.29) is 0 Å². The van der Waals surface area contributed by atoms with Gasteiger partial charge < -0.3 is 10.5 Å². The van der Waals surface area contributed by atoms with Crippen LogP contribution in [0.5, 0.6) is 0 Å². The molecule has 0 bridgehead atoms. The standard InChI is InChI=1S/C15H22BrNO/c1-11-3-2-4-14(7-11)18-10-13-6-5-12(9-17)8-15(13)16/h5-6,8,11,14H,2-4,7,9-10,17H2,1H3. The fourth-order valence-corrected chi connectivity index (χ4v) is 3.11. The first-order valence-electron chi connectivity index (χ1n) is 6.78. The maximum absolute atomic E-state index is 6.03. The molecule has 2 nitrogen and oxygen atoms in total. The van der Waals surface area contributed by atoms with Crippen LogP contribution >= 0.6 is 15.9 Å². The molecule has 0 radical (unpaired) electrons. The first kappa shape index (κ1) is 14.0. The summed E-state index contributed by atoms with van der Waals surface area (Å²) in [5.74, 6) is 0.812. The number of ether oxygens (including phenoxy) is 1. The average molecular weight is 312 g/mol. The summed E-state index contributed by atoms with van der Waals surface area (Å²) in [6, 6.07) is 6.27. The molecule has 100 valence electrons. The van der Waals surface area contributed by atoms with Crippen molar-refractivity contribution in [1.29, 1.82) is 0 Å². The summed E-state index contributed by atoms with van der Waals surface area (Å²) in [7, 11) is 0. The van der Waals surface area contributed by atoms with Gasteiger partial charge in [0.1, 0.15) is 0 Å². The minimum absolute atomic E-state index is 0.440. The lowest BCUT2D eigenvalue weighted by molar-refractivity contribution is 0.00443. The third-order valence-corrected chi connectivity index (χ3v) is 4.45. The summed E-state index contributed by atoms with van der Waals surface area (Å²) < 4.78 is 7.14. The van der Waals surface area contributed by atoms with Crippen LogP contribution in [0.3, 0.4) is 0 Å². The van der Waals surface area contributed by atoms with E-state index in [0.29, 0.717) is 19.3 Å². The Morgan fingerprint density at radius 3 is 2.89 bits per heavy atom. The smallest absolute Gasteiger partial charge is 0.0731 e. The fourth-order valence-electron chi connectivity index (χ4n) is 2.57. The summed E-state index contributed by atoms with van der Waals surface area (Å²) in [5.41, 5.74) is 7.99. The van der Waals surface area contributed by atoms with Gasteiger partial charge in [-0.05, 0) is 36.0 Å².